The Morgan fingerprint density at radius 1 is 0.867 bits per heavy atom. The monoisotopic (exact) mass is 204 g/mol. The largest absolute Gasteiger partial charge is 0.206 e. The van der Waals surface area contributed by atoms with Crippen molar-refractivity contribution >= 4 is 0 Å². The summed E-state index contributed by atoms with van der Waals surface area (Å²) in [4.78, 5) is 0. The van der Waals surface area contributed by atoms with Crippen molar-refractivity contribution in [2.75, 3.05) is 0 Å². The molecule has 0 aromatic heterocycles. The average Bonchev–Trinajstić information content (AvgIpc) is 2.85. The van der Waals surface area contributed by atoms with Gasteiger partial charge in [0.05, 0.1) is 0 Å². The smallest absolute Gasteiger partial charge is 0.130 e. The Labute approximate surface area is 90.5 Å². The average molecular weight is 204 g/mol. The Kier molecular flexibility index (Phi) is 2.08. The SMILES string of the molecule is CCc1c2c(c(F)c3c1CCC3)CCC2. The first-order chi connectivity index (χ1) is 7.33. The molecule has 2 aliphatic rings. The van der Waals surface area contributed by atoms with Crippen LogP contribution in [0.1, 0.15) is 47.6 Å². The molecule has 0 unspecified atom stereocenters. The van der Waals surface area contributed by atoms with E-state index < -0.39 is 0 Å². The van der Waals surface area contributed by atoms with E-state index in [1.165, 1.54) is 16.7 Å². The van der Waals surface area contributed by atoms with Gasteiger partial charge in [0, 0.05) is 0 Å². The second-order valence-electron chi connectivity index (χ2n) is 4.77. The molecule has 0 aliphatic heterocycles. The van der Waals surface area contributed by atoms with Crippen molar-refractivity contribution in [1.82, 2.24) is 0 Å². The summed E-state index contributed by atoms with van der Waals surface area (Å²) < 4.78 is 14.2. The number of hydrogen-bond donors (Lipinski definition) is 0. The van der Waals surface area contributed by atoms with Crippen LogP contribution in [0.15, 0.2) is 0 Å². The molecule has 0 N–H and O–H groups in total. The quantitative estimate of drug-likeness (QED) is 0.658. The number of halogens is 1. The molecular formula is C14H17F. The molecule has 0 heterocycles. The van der Waals surface area contributed by atoms with Crippen LogP contribution in [0.2, 0.25) is 0 Å². The third-order valence-electron chi connectivity index (χ3n) is 4.05. The zero-order valence-electron chi connectivity index (χ0n) is 9.33. The number of benzene rings is 1. The molecule has 80 valence electrons. The van der Waals surface area contributed by atoms with Gasteiger partial charge in [-0.2, -0.15) is 0 Å². The van der Waals surface area contributed by atoms with Crippen LogP contribution in [0.4, 0.5) is 4.39 Å². The van der Waals surface area contributed by atoms with E-state index in [0.29, 0.717) is 0 Å². The molecule has 2 aliphatic carbocycles. The molecule has 0 bridgehead atoms. The molecule has 15 heavy (non-hydrogen) atoms. The summed E-state index contributed by atoms with van der Waals surface area (Å²) in [6.45, 7) is 2.21. The lowest BCUT2D eigenvalue weighted by Crippen LogP contribution is -2.03. The molecule has 1 aromatic rings. The van der Waals surface area contributed by atoms with Crippen LogP contribution in [0.5, 0.6) is 0 Å². The number of hydrogen-bond acceptors (Lipinski definition) is 0. The highest BCUT2D eigenvalue weighted by atomic mass is 19.1. The van der Waals surface area contributed by atoms with Gasteiger partial charge in [0.2, 0.25) is 0 Å². The standard InChI is InChI=1S/C14H17F/c1-2-9-10-5-3-7-12(10)14(15)13-8-4-6-11(9)13/h2-8H2,1H3. The Morgan fingerprint density at radius 2 is 1.33 bits per heavy atom. The summed E-state index contributed by atoms with van der Waals surface area (Å²) in [5.74, 6) is 0.159. The van der Waals surface area contributed by atoms with E-state index in [9.17, 15) is 4.39 Å². The molecule has 0 nitrogen and oxygen atoms in total. The minimum atomic E-state index is 0.159. The second-order valence-corrected chi connectivity index (χ2v) is 4.77. The zero-order chi connectivity index (χ0) is 10.4. The fraction of sp³-hybridized carbons (Fsp3) is 0.571. The maximum absolute atomic E-state index is 14.2. The van der Waals surface area contributed by atoms with E-state index in [4.69, 9.17) is 0 Å². The van der Waals surface area contributed by atoms with Crippen LogP contribution in [0.3, 0.4) is 0 Å². The van der Waals surface area contributed by atoms with E-state index in [-0.39, 0.29) is 5.82 Å². The highest BCUT2D eigenvalue weighted by molar-refractivity contribution is 5.51. The predicted molar refractivity (Wildman–Crippen MR) is 59.8 cm³/mol. The number of fused-ring (bicyclic) bond motifs is 2. The van der Waals surface area contributed by atoms with Crippen molar-refractivity contribution in [2.24, 2.45) is 0 Å². The first-order valence-corrected chi connectivity index (χ1v) is 6.16. The molecule has 0 fully saturated rings. The Balaban J connectivity index is 2.31. The molecule has 0 atom stereocenters. The fourth-order valence-electron chi connectivity index (χ4n) is 3.43. The van der Waals surface area contributed by atoms with Gasteiger partial charge in [-0.1, -0.05) is 6.92 Å². The van der Waals surface area contributed by atoms with Crippen molar-refractivity contribution in [3.05, 3.63) is 33.6 Å². The summed E-state index contributed by atoms with van der Waals surface area (Å²) in [5.41, 5.74) is 6.36. The third kappa shape index (κ3) is 1.18. The molecule has 3 rings (SSSR count). The van der Waals surface area contributed by atoms with Crippen molar-refractivity contribution in [3.8, 4) is 0 Å². The molecule has 1 heteroatoms. The first kappa shape index (κ1) is 9.38. The van der Waals surface area contributed by atoms with Gasteiger partial charge in [0.1, 0.15) is 5.82 Å². The summed E-state index contributed by atoms with van der Waals surface area (Å²) in [6.07, 6.45) is 7.57. The normalized spacial score (nSPS) is 18.0. The lowest BCUT2D eigenvalue weighted by atomic mass is 9.92. The number of rotatable bonds is 1. The van der Waals surface area contributed by atoms with Crippen LogP contribution in [0.25, 0.3) is 0 Å². The molecule has 0 radical (unpaired) electrons. The van der Waals surface area contributed by atoms with Crippen LogP contribution >= 0.6 is 0 Å². The summed E-state index contributed by atoms with van der Waals surface area (Å²) in [5, 5.41) is 0. The van der Waals surface area contributed by atoms with E-state index in [1.807, 2.05) is 0 Å². The van der Waals surface area contributed by atoms with E-state index >= 15 is 0 Å². The van der Waals surface area contributed by atoms with E-state index in [2.05, 4.69) is 6.92 Å². The molecule has 0 amide bonds. The van der Waals surface area contributed by atoms with Gasteiger partial charge >= 0.3 is 0 Å². The van der Waals surface area contributed by atoms with Crippen molar-refractivity contribution in [1.29, 1.82) is 0 Å². The van der Waals surface area contributed by atoms with Gasteiger partial charge in [-0.05, 0) is 72.8 Å². The van der Waals surface area contributed by atoms with Crippen LogP contribution < -0.4 is 0 Å². The summed E-state index contributed by atoms with van der Waals surface area (Å²) in [7, 11) is 0. The fourth-order valence-corrected chi connectivity index (χ4v) is 3.43. The molecule has 0 spiro atoms. The van der Waals surface area contributed by atoms with Crippen LogP contribution in [0, 0.1) is 5.82 Å². The van der Waals surface area contributed by atoms with Crippen molar-refractivity contribution < 1.29 is 4.39 Å². The van der Waals surface area contributed by atoms with Crippen molar-refractivity contribution in [3.63, 3.8) is 0 Å². The molecular weight excluding hydrogens is 187 g/mol. The molecule has 0 saturated heterocycles. The van der Waals surface area contributed by atoms with Gasteiger partial charge in [0.15, 0.2) is 0 Å². The van der Waals surface area contributed by atoms with Gasteiger partial charge < -0.3 is 0 Å². The van der Waals surface area contributed by atoms with E-state index in [1.54, 1.807) is 0 Å². The lowest BCUT2D eigenvalue weighted by molar-refractivity contribution is 0.597. The van der Waals surface area contributed by atoms with Gasteiger partial charge in [-0.25, -0.2) is 4.39 Å². The second kappa shape index (κ2) is 3.33. The Morgan fingerprint density at radius 3 is 1.80 bits per heavy atom. The summed E-state index contributed by atoms with van der Waals surface area (Å²) in [6, 6.07) is 0. The Bertz CT molecular complexity index is 383. The van der Waals surface area contributed by atoms with Crippen LogP contribution in [-0.2, 0) is 32.1 Å². The highest BCUT2D eigenvalue weighted by Gasteiger charge is 2.27. The minimum absolute atomic E-state index is 0.159. The molecule has 0 saturated carbocycles. The predicted octanol–water partition coefficient (Wildman–Crippen LogP) is 3.37. The molecule has 1 aromatic carbocycles. The van der Waals surface area contributed by atoms with Crippen LogP contribution in [-0.4, -0.2) is 0 Å². The van der Waals surface area contributed by atoms with Gasteiger partial charge in [-0.15, -0.1) is 0 Å². The van der Waals surface area contributed by atoms with Crippen molar-refractivity contribution in [2.45, 2.75) is 51.9 Å². The van der Waals surface area contributed by atoms with Gasteiger partial charge in [-0.3, -0.25) is 0 Å². The first-order valence-electron chi connectivity index (χ1n) is 6.16. The Hall–Kier alpha value is -0.850. The highest BCUT2D eigenvalue weighted by Crippen LogP contribution is 2.37. The topological polar surface area (TPSA) is 0 Å². The zero-order valence-corrected chi connectivity index (χ0v) is 9.33. The van der Waals surface area contributed by atoms with E-state index in [0.717, 1.165) is 56.1 Å². The third-order valence-corrected chi connectivity index (χ3v) is 4.05. The lowest BCUT2D eigenvalue weighted by Gasteiger charge is -2.14. The van der Waals surface area contributed by atoms with Gasteiger partial charge in [0.25, 0.3) is 0 Å². The maximum atomic E-state index is 14.2. The minimum Gasteiger partial charge on any atom is -0.206 e. The summed E-state index contributed by atoms with van der Waals surface area (Å²) >= 11 is 0. The maximum Gasteiger partial charge on any atom is 0.130 e.